The molecule has 2 rings (SSSR count). The van der Waals surface area contributed by atoms with E-state index < -0.39 is 0 Å². The highest BCUT2D eigenvalue weighted by Crippen LogP contribution is 2.36. The van der Waals surface area contributed by atoms with Crippen molar-refractivity contribution in [2.75, 3.05) is 5.73 Å². The topological polar surface area (TPSA) is 94.3 Å². The first-order valence-corrected chi connectivity index (χ1v) is 6.61. The summed E-state index contributed by atoms with van der Waals surface area (Å²) in [5.74, 6) is 1.18. The second kappa shape index (κ2) is 4.69. The molecule has 0 saturated carbocycles. The van der Waals surface area contributed by atoms with Crippen LogP contribution in [0.1, 0.15) is 32.3 Å². The molecule has 0 aromatic carbocycles. The van der Waals surface area contributed by atoms with Gasteiger partial charge in [-0.3, -0.25) is 4.68 Å². The molecule has 0 aliphatic heterocycles. The number of rotatable bonds is 2. The third-order valence-corrected chi connectivity index (χ3v) is 3.22. The van der Waals surface area contributed by atoms with Crippen LogP contribution in [-0.2, 0) is 12.5 Å². The van der Waals surface area contributed by atoms with Gasteiger partial charge >= 0.3 is 0 Å². The molecule has 2 N–H and O–H groups in total. The van der Waals surface area contributed by atoms with Gasteiger partial charge in [0.05, 0.1) is 5.69 Å². The summed E-state index contributed by atoms with van der Waals surface area (Å²) < 4.78 is 5.66. The fraction of sp³-hybridized carbons (Fsp3) is 0.545. The highest BCUT2D eigenvalue weighted by atomic mass is 32.1. The van der Waals surface area contributed by atoms with Crippen LogP contribution >= 0.6 is 11.5 Å². The molecule has 0 aliphatic carbocycles. The number of anilines is 1. The zero-order chi connectivity index (χ0) is 14.2. The van der Waals surface area contributed by atoms with Crippen LogP contribution in [0.2, 0.25) is 0 Å². The number of azo groups is 1. The Labute approximate surface area is 115 Å². The van der Waals surface area contributed by atoms with Gasteiger partial charge < -0.3 is 5.73 Å². The van der Waals surface area contributed by atoms with Crippen molar-refractivity contribution in [2.24, 2.45) is 17.3 Å². The molecule has 0 unspecified atom stereocenters. The van der Waals surface area contributed by atoms with Crippen LogP contribution in [0.15, 0.2) is 10.2 Å². The molecule has 0 radical (unpaired) electrons. The lowest BCUT2D eigenvalue weighted by Gasteiger charge is -2.15. The lowest BCUT2D eigenvalue weighted by atomic mass is 9.91. The minimum Gasteiger partial charge on any atom is -0.382 e. The summed E-state index contributed by atoms with van der Waals surface area (Å²) in [5.41, 5.74) is 7.25. The van der Waals surface area contributed by atoms with E-state index in [0.717, 1.165) is 5.69 Å². The number of nitrogen functional groups attached to an aromatic ring is 1. The first kappa shape index (κ1) is 13.6. The molecule has 102 valence electrons. The average molecular weight is 279 g/mol. The van der Waals surface area contributed by atoms with E-state index in [1.807, 2.05) is 6.92 Å². The van der Waals surface area contributed by atoms with Gasteiger partial charge in [0.2, 0.25) is 5.13 Å². The third kappa shape index (κ3) is 2.78. The summed E-state index contributed by atoms with van der Waals surface area (Å²) in [6.45, 7) is 7.99. The van der Waals surface area contributed by atoms with Crippen LogP contribution in [0.4, 0.5) is 16.6 Å². The molecule has 0 atom stereocenters. The Morgan fingerprint density at radius 3 is 2.47 bits per heavy atom. The van der Waals surface area contributed by atoms with E-state index >= 15 is 0 Å². The van der Waals surface area contributed by atoms with Crippen LogP contribution in [-0.4, -0.2) is 19.1 Å². The highest BCUT2D eigenvalue weighted by molar-refractivity contribution is 7.09. The van der Waals surface area contributed by atoms with Gasteiger partial charge in [-0.25, -0.2) is 4.98 Å². The number of nitrogens with zero attached hydrogens (tertiary/aromatic N) is 6. The van der Waals surface area contributed by atoms with Crippen molar-refractivity contribution in [2.45, 2.75) is 33.1 Å². The van der Waals surface area contributed by atoms with E-state index in [1.165, 1.54) is 11.5 Å². The van der Waals surface area contributed by atoms with Gasteiger partial charge in [0.1, 0.15) is 11.6 Å². The maximum Gasteiger partial charge on any atom is 0.249 e. The zero-order valence-electron chi connectivity index (χ0n) is 11.7. The SMILES string of the molecule is Cc1nsc(/N=N/c2c(C(C)(C)C)nn(C)c2N)n1. The molecule has 0 fully saturated rings. The zero-order valence-corrected chi connectivity index (χ0v) is 12.5. The number of aryl methyl sites for hydroxylation is 2. The molecule has 8 heteroatoms. The van der Waals surface area contributed by atoms with E-state index in [2.05, 4.69) is 45.5 Å². The standard InChI is InChI=1S/C11H17N7S/c1-6-13-10(19-17-6)15-14-7-8(11(2,3)4)16-18(5)9(7)12/h12H2,1-5H3/b15-14+. The molecule has 2 aromatic rings. The highest BCUT2D eigenvalue weighted by Gasteiger charge is 2.25. The first-order chi connectivity index (χ1) is 8.79. The van der Waals surface area contributed by atoms with Crippen LogP contribution in [0.25, 0.3) is 0 Å². The number of hydrogen-bond acceptors (Lipinski definition) is 7. The van der Waals surface area contributed by atoms with E-state index in [4.69, 9.17) is 5.73 Å². The van der Waals surface area contributed by atoms with Gasteiger partial charge in [-0.15, -0.1) is 10.2 Å². The summed E-state index contributed by atoms with van der Waals surface area (Å²) >= 11 is 1.21. The van der Waals surface area contributed by atoms with Crippen molar-refractivity contribution in [1.29, 1.82) is 0 Å². The van der Waals surface area contributed by atoms with Crippen LogP contribution in [0.3, 0.4) is 0 Å². The Hall–Kier alpha value is -1.83. The van der Waals surface area contributed by atoms with Crippen molar-refractivity contribution in [3.63, 3.8) is 0 Å². The van der Waals surface area contributed by atoms with Crippen molar-refractivity contribution < 1.29 is 0 Å². The van der Waals surface area contributed by atoms with Crippen LogP contribution in [0.5, 0.6) is 0 Å². The molecule has 19 heavy (non-hydrogen) atoms. The first-order valence-electron chi connectivity index (χ1n) is 5.84. The van der Waals surface area contributed by atoms with Gasteiger partial charge in [0, 0.05) is 24.0 Å². The molecule has 0 aliphatic rings. The second-order valence-corrected chi connectivity index (χ2v) is 6.01. The molecular weight excluding hydrogens is 262 g/mol. The molecule has 2 heterocycles. The molecule has 0 bridgehead atoms. The van der Waals surface area contributed by atoms with Crippen molar-refractivity contribution in [3.8, 4) is 0 Å². The van der Waals surface area contributed by atoms with E-state index in [0.29, 0.717) is 22.5 Å². The Morgan fingerprint density at radius 2 is 1.95 bits per heavy atom. The predicted octanol–water partition coefficient (Wildman–Crippen LogP) is 2.88. The summed E-state index contributed by atoms with van der Waals surface area (Å²) in [6, 6.07) is 0. The number of hydrogen-bond donors (Lipinski definition) is 1. The Balaban J connectivity index is 2.42. The normalized spacial score (nSPS) is 12.5. The van der Waals surface area contributed by atoms with Gasteiger partial charge in [-0.2, -0.15) is 9.47 Å². The minimum absolute atomic E-state index is 0.152. The summed E-state index contributed by atoms with van der Waals surface area (Å²) in [5, 5.41) is 13.2. The summed E-state index contributed by atoms with van der Waals surface area (Å²) in [4.78, 5) is 4.13. The molecular formula is C11H17N7S. The molecule has 0 saturated heterocycles. The smallest absolute Gasteiger partial charge is 0.249 e. The quantitative estimate of drug-likeness (QED) is 0.855. The Bertz CT molecular complexity index is 618. The fourth-order valence-corrected chi connectivity index (χ4v) is 2.05. The number of aromatic nitrogens is 4. The Kier molecular flexibility index (Phi) is 3.36. The lowest BCUT2D eigenvalue weighted by molar-refractivity contribution is 0.554. The maximum absolute atomic E-state index is 5.98. The third-order valence-electron chi connectivity index (χ3n) is 2.53. The molecule has 2 aromatic heterocycles. The van der Waals surface area contributed by atoms with Gasteiger partial charge in [0.25, 0.3) is 0 Å². The largest absolute Gasteiger partial charge is 0.382 e. The average Bonchev–Trinajstić information content (AvgIpc) is 2.82. The van der Waals surface area contributed by atoms with Gasteiger partial charge in [-0.1, -0.05) is 20.8 Å². The Morgan fingerprint density at radius 1 is 1.26 bits per heavy atom. The maximum atomic E-state index is 5.98. The predicted molar refractivity (Wildman–Crippen MR) is 75.1 cm³/mol. The summed E-state index contributed by atoms with van der Waals surface area (Å²) in [7, 11) is 1.79. The van der Waals surface area contributed by atoms with E-state index in [-0.39, 0.29) is 5.41 Å². The van der Waals surface area contributed by atoms with Crippen LogP contribution < -0.4 is 5.73 Å². The minimum atomic E-state index is -0.152. The van der Waals surface area contributed by atoms with E-state index in [9.17, 15) is 0 Å². The van der Waals surface area contributed by atoms with Crippen molar-refractivity contribution in [1.82, 2.24) is 19.1 Å². The number of nitrogens with two attached hydrogens (primary N) is 1. The molecule has 7 nitrogen and oxygen atoms in total. The van der Waals surface area contributed by atoms with Gasteiger partial charge in [0.15, 0.2) is 5.69 Å². The van der Waals surface area contributed by atoms with Crippen molar-refractivity contribution in [3.05, 3.63) is 11.5 Å². The monoisotopic (exact) mass is 279 g/mol. The van der Waals surface area contributed by atoms with E-state index in [1.54, 1.807) is 11.7 Å². The summed E-state index contributed by atoms with van der Waals surface area (Å²) in [6.07, 6.45) is 0. The molecule has 0 amide bonds. The molecule has 0 spiro atoms. The van der Waals surface area contributed by atoms with Crippen molar-refractivity contribution >= 4 is 28.2 Å². The lowest BCUT2D eigenvalue weighted by Crippen LogP contribution is -2.12. The second-order valence-electron chi connectivity index (χ2n) is 5.28. The van der Waals surface area contributed by atoms with Crippen LogP contribution in [0, 0.1) is 6.92 Å². The van der Waals surface area contributed by atoms with Gasteiger partial charge in [-0.05, 0) is 6.92 Å². The fourth-order valence-electron chi connectivity index (χ4n) is 1.55.